The lowest BCUT2D eigenvalue weighted by atomic mass is 10.4. The van der Waals surface area contributed by atoms with Gasteiger partial charge in [-0.15, -0.1) is 0 Å². The number of hydrogen-bond acceptors (Lipinski definition) is 3. The topological polar surface area (TPSA) is 39.4 Å². The van der Waals surface area contributed by atoms with Crippen molar-refractivity contribution in [1.82, 2.24) is 14.4 Å². The van der Waals surface area contributed by atoms with Crippen molar-refractivity contribution in [2.75, 3.05) is 7.11 Å². The van der Waals surface area contributed by atoms with Crippen LogP contribution in [-0.2, 0) is 0 Å². The first-order valence-electron chi connectivity index (χ1n) is 4.07. The Balaban J connectivity index is 2.87. The molecule has 0 aromatic carbocycles. The van der Waals surface area contributed by atoms with Crippen molar-refractivity contribution < 1.29 is 4.74 Å². The first kappa shape index (κ1) is 8.04. The Morgan fingerprint density at radius 3 is 2.69 bits per heavy atom. The SMILES string of the molecule is COc1ncc(C)n2c(C)ncc12. The number of ether oxygens (including phenoxy) is 1. The fourth-order valence-corrected chi connectivity index (χ4v) is 1.47. The van der Waals surface area contributed by atoms with Crippen molar-refractivity contribution in [3.05, 3.63) is 23.9 Å². The molecule has 68 valence electrons. The lowest BCUT2D eigenvalue weighted by molar-refractivity contribution is 0.400. The van der Waals surface area contributed by atoms with E-state index in [2.05, 4.69) is 9.97 Å². The van der Waals surface area contributed by atoms with Crippen LogP contribution < -0.4 is 4.74 Å². The number of nitrogens with zero attached hydrogens (tertiary/aromatic N) is 3. The number of methoxy groups -OCH3 is 1. The highest BCUT2D eigenvalue weighted by atomic mass is 16.5. The molecule has 0 saturated carbocycles. The van der Waals surface area contributed by atoms with E-state index in [1.54, 1.807) is 19.5 Å². The van der Waals surface area contributed by atoms with Crippen LogP contribution in [0.15, 0.2) is 12.4 Å². The average molecular weight is 177 g/mol. The Bertz CT molecular complexity index is 447. The zero-order chi connectivity index (χ0) is 9.42. The number of fused-ring (bicyclic) bond motifs is 1. The summed E-state index contributed by atoms with van der Waals surface area (Å²) >= 11 is 0. The van der Waals surface area contributed by atoms with Gasteiger partial charge >= 0.3 is 0 Å². The van der Waals surface area contributed by atoms with E-state index in [0.29, 0.717) is 5.88 Å². The minimum Gasteiger partial charge on any atom is -0.479 e. The van der Waals surface area contributed by atoms with Gasteiger partial charge in [-0.3, -0.25) is 4.40 Å². The molecule has 0 fully saturated rings. The van der Waals surface area contributed by atoms with E-state index < -0.39 is 0 Å². The predicted molar refractivity (Wildman–Crippen MR) is 49.0 cm³/mol. The quantitative estimate of drug-likeness (QED) is 0.660. The second kappa shape index (κ2) is 2.73. The van der Waals surface area contributed by atoms with E-state index in [4.69, 9.17) is 4.74 Å². The summed E-state index contributed by atoms with van der Waals surface area (Å²) in [6.45, 7) is 3.95. The van der Waals surface area contributed by atoms with Crippen molar-refractivity contribution in [3.8, 4) is 5.88 Å². The molecule has 0 atom stereocenters. The molecule has 4 heteroatoms. The molecule has 0 radical (unpaired) electrons. The molecule has 0 aliphatic rings. The fraction of sp³-hybridized carbons (Fsp3) is 0.333. The molecule has 0 spiro atoms. The molecule has 0 aliphatic heterocycles. The molecule has 2 rings (SSSR count). The van der Waals surface area contributed by atoms with Crippen LogP contribution in [0.5, 0.6) is 5.88 Å². The maximum Gasteiger partial charge on any atom is 0.239 e. The van der Waals surface area contributed by atoms with Gasteiger partial charge in [0.05, 0.1) is 19.5 Å². The molecule has 0 unspecified atom stereocenters. The molecule has 2 aromatic heterocycles. The van der Waals surface area contributed by atoms with Crippen molar-refractivity contribution >= 4 is 5.52 Å². The summed E-state index contributed by atoms with van der Waals surface area (Å²) in [5, 5.41) is 0. The van der Waals surface area contributed by atoms with E-state index in [-0.39, 0.29) is 0 Å². The van der Waals surface area contributed by atoms with Gasteiger partial charge < -0.3 is 4.74 Å². The number of hydrogen-bond donors (Lipinski definition) is 0. The summed E-state index contributed by atoms with van der Waals surface area (Å²) in [7, 11) is 1.61. The average Bonchev–Trinajstić information content (AvgIpc) is 2.50. The lowest BCUT2D eigenvalue weighted by Gasteiger charge is -2.04. The summed E-state index contributed by atoms with van der Waals surface area (Å²) < 4.78 is 7.14. The van der Waals surface area contributed by atoms with Gasteiger partial charge in [0.2, 0.25) is 5.88 Å². The minimum absolute atomic E-state index is 0.617. The molecule has 0 bridgehead atoms. The number of imidazole rings is 1. The standard InChI is InChI=1S/C9H11N3O/c1-6-4-11-9(13-3)8-5-10-7(2)12(6)8/h4-5H,1-3H3. The van der Waals surface area contributed by atoms with Gasteiger partial charge in [-0.1, -0.05) is 0 Å². The van der Waals surface area contributed by atoms with Gasteiger partial charge in [0, 0.05) is 5.69 Å². The largest absolute Gasteiger partial charge is 0.479 e. The van der Waals surface area contributed by atoms with Crippen molar-refractivity contribution in [2.24, 2.45) is 0 Å². The Morgan fingerprint density at radius 1 is 1.23 bits per heavy atom. The third-order valence-corrected chi connectivity index (χ3v) is 2.07. The smallest absolute Gasteiger partial charge is 0.239 e. The van der Waals surface area contributed by atoms with E-state index in [1.165, 1.54) is 0 Å². The summed E-state index contributed by atoms with van der Waals surface area (Å²) in [6.07, 6.45) is 3.55. The second-order valence-corrected chi connectivity index (χ2v) is 2.93. The number of aryl methyl sites for hydroxylation is 2. The first-order valence-corrected chi connectivity index (χ1v) is 4.07. The Kier molecular flexibility index (Phi) is 1.69. The summed E-state index contributed by atoms with van der Waals surface area (Å²) in [4.78, 5) is 8.36. The minimum atomic E-state index is 0.617. The molecule has 0 saturated heterocycles. The molecule has 0 amide bonds. The molecular formula is C9H11N3O. The summed E-state index contributed by atoms with van der Waals surface area (Å²) in [5.74, 6) is 1.57. The molecule has 2 aromatic rings. The maximum absolute atomic E-state index is 5.12. The van der Waals surface area contributed by atoms with E-state index in [9.17, 15) is 0 Å². The van der Waals surface area contributed by atoms with E-state index >= 15 is 0 Å². The van der Waals surface area contributed by atoms with Gasteiger partial charge in [0.25, 0.3) is 0 Å². The predicted octanol–water partition coefficient (Wildman–Crippen LogP) is 1.35. The molecule has 2 heterocycles. The Labute approximate surface area is 76.2 Å². The Morgan fingerprint density at radius 2 is 2.00 bits per heavy atom. The zero-order valence-electron chi connectivity index (χ0n) is 7.90. The van der Waals surface area contributed by atoms with Gasteiger partial charge in [0.1, 0.15) is 11.3 Å². The van der Waals surface area contributed by atoms with Crippen LogP contribution in [0.3, 0.4) is 0 Å². The molecule has 0 aliphatic carbocycles. The normalized spacial score (nSPS) is 10.7. The van der Waals surface area contributed by atoms with Crippen LogP contribution in [0.25, 0.3) is 5.52 Å². The van der Waals surface area contributed by atoms with E-state index in [0.717, 1.165) is 17.0 Å². The third-order valence-electron chi connectivity index (χ3n) is 2.07. The van der Waals surface area contributed by atoms with Gasteiger partial charge in [-0.05, 0) is 13.8 Å². The van der Waals surface area contributed by atoms with Crippen molar-refractivity contribution in [3.63, 3.8) is 0 Å². The highest BCUT2D eigenvalue weighted by molar-refractivity contribution is 5.56. The van der Waals surface area contributed by atoms with Gasteiger partial charge in [0.15, 0.2) is 0 Å². The molecule has 13 heavy (non-hydrogen) atoms. The van der Waals surface area contributed by atoms with Gasteiger partial charge in [-0.25, -0.2) is 9.97 Å². The summed E-state index contributed by atoms with van der Waals surface area (Å²) in [5.41, 5.74) is 1.98. The van der Waals surface area contributed by atoms with Crippen molar-refractivity contribution in [2.45, 2.75) is 13.8 Å². The van der Waals surface area contributed by atoms with Crippen LogP contribution in [0.1, 0.15) is 11.5 Å². The highest BCUT2D eigenvalue weighted by Crippen LogP contribution is 2.18. The van der Waals surface area contributed by atoms with Crippen molar-refractivity contribution in [1.29, 1.82) is 0 Å². The number of aromatic nitrogens is 3. The molecule has 4 nitrogen and oxygen atoms in total. The van der Waals surface area contributed by atoms with E-state index in [1.807, 2.05) is 18.2 Å². The highest BCUT2D eigenvalue weighted by Gasteiger charge is 2.07. The van der Waals surface area contributed by atoms with Crippen LogP contribution in [-0.4, -0.2) is 21.5 Å². The second-order valence-electron chi connectivity index (χ2n) is 2.93. The maximum atomic E-state index is 5.12. The van der Waals surface area contributed by atoms with Crippen LogP contribution in [0.4, 0.5) is 0 Å². The third kappa shape index (κ3) is 1.06. The monoisotopic (exact) mass is 177 g/mol. The number of rotatable bonds is 1. The van der Waals surface area contributed by atoms with Crippen LogP contribution >= 0.6 is 0 Å². The zero-order valence-corrected chi connectivity index (χ0v) is 7.90. The summed E-state index contributed by atoms with van der Waals surface area (Å²) in [6, 6.07) is 0. The van der Waals surface area contributed by atoms with Crippen LogP contribution in [0, 0.1) is 13.8 Å². The van der Waals surface area contributed by atoms with Crippen LogP contribution in [0.2, 0.25) is 0 Å². The molecular weight excluding hydrogens is 166 g/mol. The fourth-order valence-electron chi connectivity index (χ4n) is 1.47. The van der Waals surface area contributed by atoms with Gasteiger partial charge in [-0.2, -0.15) is 0 Å². The Hall–Kier alpha value is -1.58. The lowest BCUT2D eigenvalue weighted by Crippen LogP contribution is -1.98. The molecule has 0 N–H and O–H groups in total. The first-order chi connectivity index (χ1) is 6.24.